The quantitative estimate of drug-likeness (QED) is 0.00607. The third-order valence-corrected chi connectivity index (χ3v) is 16.2. The Hall–Kier alpha value is -7.20. The molecule has 3 heterocycles. The molecule has 0 bridgehead atoms. The fraction of sp³-hybridized carbons (Fsp3) is 0.443. The van der Waals surface area contributed by atoms with Crippen LogP contribution in [0.4, 0.5) is 5.69 Å². The first-order valence-electron chi connectivity index (χ1n) is 28.6. The number of thioether (sulfide) groups is 1. The summed E-state index contributed by atoms with van der Waals surface area (Å²) >= 11 is 1.40. The molecule has 2 aliphatic rings. The lowest BCUT2D eigenvalue weighted by molar-refractivity contribution is -0.138. The Morgan fingerprint density at radius 3 is 2.09 bits per heavy atom. The molecule has 2 aliphatic heterocycles. The number of nitrogens with zero attached hydrogens (tertiary/aromatic N) is 3. The van der Waals surface area contributed by atoms with Crippen LogP contribution in [0, 0.1) is 0 Å². The lowest BCUT2D eigenvalue weighted by Gasteiger charge is -2.33. The van der Waals surface area contributed by atoms with E-state index in [9.17, 15) is 48.4 Å². The van der Waals surface area contributed by atoms with E-state index in [2.05, 4.69) is 15.2 Å². The number of para-hydroxylation sites is 1. The molecule has 4 aromatic carbocycles. The number of hydrogen-bond acceptors (Lipinski definition) is 21. The number of benzene rings is 4. The van der Waals surface area contributed by atoms with Crippen molar-refractivity contribution in [1.29, 1.82) is 0 Å². The second kappa shape index (κ2) is 35.7. The highest BCUT2D eigenvalue weighted by atomic mass is 32.2. The third-order valence-electron chi connectivity index (χ3n) is 14.0. The molecule has 0 spiro atoms. The minimum Gasteiger partial charge on any atom is -0.504 e. The van der Waals surface area contributed by atoms with Gasteiger partial charge in [-0.3, -0.25) is 42.7 Å². The first-order chi connectivity index (χ1) is 42.1. The molecule has 27 heteroatoms. The van der Waals surface area contributed by atoms with Gasteiger partial charge in [-0.15, -0.1) is 11.8 Å². The number of phosphoric ester groups is 1. The fourth-order valence-corrected chi connectivity index (χ4v) is 11.0. The lowest BCUT2D eigenvalue weighted by atomic mass is 9.95. The number of phenols is 2. The molecular formula is C61H80N7O18PS. The Morgan fingerprint density at radius 2 is 1.40 bits per heavy atom. The SMILES string of the molecule is C.COP(=O)(O)OCCCCCCSC1CC(=O)N(CCC(=O)NCCC(=O)N2Cc3ccccc3/C(N(N)CCOCCOCCOCCOCCOCCNC(=O)c3ccc(-c4cc(=O)c5ccc(O)c(O)c5o4)cc3)=C(/N)c3ccccc32)C1=O. The first-order valence-corrected chi connectivity index (χ1v) is 31.1. The summed E-state index contributed by atoms with van der Waals surface area (Å²) in [6.07, 6.45) is 2.87. The van der Waals surface area contributed by atoms with Gasteiger partial charge in [0, 0.05) is 74.3 Å². The number of likely N-dealkylation sites (tertiary alicyclic amines) is 1. The summed E-state index contributed by atoms with van der Waals surface area (Å²) in [5.41, 5.74) is 10.9. The number of unbranched alkanes of at least 4 members (excludes halogenated alkanes) is 3. The van der Waals surface area contributed by atoms with E-state index in [-0.39, 0.29) is 120 Å². The molecule has 0 radical (unpaired) electrons. The minimum absolute atomic E-state index is 0. The second-order valence-corrected chi connectivity index (χ2v) is 22.9. The molecule has 5 amide bonds. The molecule has 1 aromatic heterocycles. The van der Waals surface area contributed by atoms with Crippen molar-refractivity contribution < 1.29 is 80.8 Å². The number of anilines is 1. The highest BCUT2D eigenvalue weighted by Crippen LogP contribution is 2.42. The van der Waals surface area contributed by atoms with E-state index in [1.807, 2.05) is 48.5 Å². The maximum absolute atomic E-state index is 14.0. The number of amides is 5. The molecule has 1 fully saturated rings. The number of imide groups is 1. The van der Waals surface area contributed by atoms with Gasteiger partial charge >= 0.3 is 7.82 Å². The molecular weight excluding hydrogens is 1180 g/mol. The number of aromatic hydroxyl groups is 2. The number of carbonyl (C=O) groups is 5. The summed E-state index contributed by atoms with van der Waals surface area (Å²) in [6.45, 7) is 4.06. The van der Waals surface area contributed by atoms with Gasteiger partial charge in [0.2, 0.25) is 29.4 Å². The largest absolute Gasteiger partial charge is 0.504 e. The molecule has 25 nitrogen and oxygen atoms in total. The molecule has 7 rings (SSSR count). The average molecular weight is 1260 g/mol. The lowest BCUT2D eigenvalue weighted by Crippen LogP contribution is -2.39. The number of nitrogens with two attached hydrogens (primary N) is 2. The van der Waals surface area contributed by atoms with Gasteiger partial charge < -0.3 is 69.5 Å². The van der Waals surface area contributed by atoms with E-state index in [1.54, 1.807) is 34.2 Å². The highest BCUT2D eigenvalue weighted by Gasteiger charge is 2.38. The van der Waals surface area contributed by atoms with Crippen LogP contribution in [0.1, 0.15) is 79.4 Å². The van der Waals surface area contributed by atoms with Crippen molar-refractivity contribution in [2.45, 2.75) is 64.2 Å². The summed E-state index contributed by atoms with van der Waals surface area (Å²) in [5.74, 6) is 4.99. The zero-order chi connectivity index (χ0) is 62.1. The molecule has 1 saturated heterocycles. The van der Waals surface area contributed by atoms with Crippen LogP contribution in [-0.4, -0.2) is 172 Å². The summed E-state index contributed by atoms with van der Waals surface area (Å²) in [5, 5.41) is 26.7. The smallest absolute Gasteiger partial charge is 0.471 e. The van der Waals surface area contributed by atoms with Gasteiger partial charge in [-0.1, -0.05) is 74.9 Å². The van der Waals surface area contributed by atoms with Crippen molar-refractivity contribution in [3.63, 3.8) is 0 Å². The maximum Gasteiger partial charge on any atom is 0.471 e. The summed E-state index contributed by atoms with van der Waals surface area (Å²) in [6, 6.07) is 25.1. The highest BCUT2D eigenvalue weighted by molar-refractivity contribution is 8.00. The van der Waals surface area contributed by atoms with E-state index in [0.29, 0.717) is 98.8 Å². The molecule has 478 valence electrons. The van der Waals surface area contributed by atoms with Crippen molar-refractivity contribution in [2.24, 2.45) is 11.6 Å². The Balaban J connectivity index is 0.0000124. The van der Waals surface area contributed by atoms with Gasteiger partial charge in [0.25, 0.3) is 5.91 Å². The number of rotatable bonds is 37. The van der Waals surface area contributed by atoms with Gasteiger partial charge in [-0.2, -0.15) is 0 Å². The Labute approximate surface area is 515 Å². The van der Waals surface area contributed by atoms with Crippen molar-refractivity contribution in [3.05, 3.63) is 123 Å². The number of nitrogens with one attached hydrogen (secondary N) is 2. The van der Waals surface area contributed by atoms with Crippen LogP contribution in [0.25, 0.3) is 33.7 Å². The Morgan fingerprint density at radius 1 is 0.761 bits per heavy atom. The van der Waals surface area contributed by atoms with E-state index < -0.39 is 35.9 Å². The topological polar surface area (TPSA) is 344 Å². The minimum atomic E-state index is -3.99. The normalized spacial score (nSPS) is 15.5. The van der Waals surface area contributed by atoms with Gasteiger partial charge in [0.1, 0.15) is 5.76 Å². The zero-order valence-corrected chi connectivity index (χ0v) is 50.2. The number of hydrazine groups is 1. The molecule has 0 aliphatic carbocycles. The predicted octanol–water partition coefficient (Wildman–Crippen LogP) is 5.91. The zero-order valence-electron chi connectivity index (χ0n) is 48.5. The van der Waals surface area contributed by atoms with Crippen molar-refractivity contribution in [1.82, 2.24) is 20.5 Å². The number of fused-ring (bicyclic) bond motifs is 3. The van der Waals surface area contributed by atoms with Crippen LogP contribution in [-0.2, 0) is 63.0 Å². The molecule has 0 saturated carbocycles. The van der Waals surface area contributed by atoms with E-state index in [4.69, 9.17) is 44.2 Å². The Bertz CT molecular complexity index is 3280. The standard InChI is InChI=1S/C60H76N7O18PS.CH4/c1-78-86(76,77)84-26-8-2-3-9-37-87-51-39-54(72)65(60(51)75)24-21-52(70)63-22-20-53(71)66-40-43-10-4-5-11-44(43)56(55(61)45-12-6-7-13-47(45)66)67(62)25-28-80-30-32-82-34-36-83-35-33-81-31-29-79-27-23-64-59(74)42-16-14-41(15-17-42)50-38-49(69)46-18-19-48(68)57(73)58(46)85-50;/h4-7,10-19,38,51,68,73H,2-3,8-9,20-37,39-40,61-62H2,1H3,(H,63,70)(H,64,74)(H,76,77);1H4/b56-55-;. The second-order valence-electron chi connectivity index (χ2n) is 20.0. The first kappa shape index (κ1) is 69.9. The van der Waals surface area contributed by atoms with Crippen LogP contribution in [0.3, 0.4) is 0 Å². The van der Waals surface area contributed by atoms with E-state index >= 15 is 0 Å². The van der Waals surface area contributed by atoms with Gasteiger partial charge in [0.05, 0.1) is 113 Å². The van der Waals surface area contributed by atoms with Crippen molar-refractivity contribution in [2.75, 3.05) is 117 Å². The summed E-state index contributed by atoms with van der Waals surface area (Å²) in [7, 11) is -2.88. The van der Waals surface area contributed by atoms with E-state index in [0.717, 1.165) is 42.4 Å². The maximum atomic E-state index is 14.0. The van der Waals surface area contributed by atoms with Crippen molar-refractivity contribution in [3.8, 4) is 22.8 Å². The number of carbonyl (C=O) groups excluding carboxylic acids is 5. The number of phosphoric acid groups is 1. The third kappa shape index (κ3) is 20.4. The van der Waals surface area contributed by atoms with Crippen molar-refractivity contribution >= 4 is 77.2 Å². The summed E-state index contributed by atoms with van der Waals surface area (Å²) in [4.78, 5) is 90.0. The number of ether oxygens (including phenoxy) is 5. The number of phenolic OH excluding ortho intramolecular Hbond substituents is 2. The van der Waals surface area contributed by atoms with Crippen LogP contribution >= 0.6 is 19.6 Å². The Kier molecular flexibility index (Phi) is 28.4. The average Bonchev–Trinajstić information content (AvgIpc) is 1.24. The molecule has 9 N–H and O–H groups in total. The molecule has 5 aromatic rings. The van der Waals surface area contributed by atoms with Gasteiger partial charge in [-0.25, -0.2) is 10.4 Å². The molecule has 2 atom stereocenters. The molecule has 88 heavy (non-hydrogen) atoms. The summed E-state index contributed by atoms with van der Waals surface area (Å²) < 4.78 is 54.5. The van der Waals surface area contributed by atoms with Crippen LogP contribution in [0.2, 0.25) is 0 Å². The monoisotopic (exact) mass is 1260 g/mol. The van der Waals surface area contributed by atoms with Crippen LogP contribution < -0.4 is 32.5 Å². The van der Waals surface area contributed by atoms with Crippen LogP contribution in [0.5, 0.6) is 11.5 Å². The van der Waals surface area contributed by atoms with Crippen LogP contribution in [0.15, 0.2) is 100 Å². The fourth-order valence-electron chi connectivity index (χ4n) is 9.38. The number of hydrogen-bond donors (Lipinski definition) is 7. The van der Waals surface area contributed by atoms with E-state index in [1.165, 1.54) is 30.0 Å². The predicted molar refractivity (Wildman–Crippen MR) is 331 cm³/mol. The van der Waals surface area contributed by atoms with Gasteiger partial charge in [0.15, 0.2) is 16.8 Å². The van der Waals surface area contributed by atoms with Gasteiger partial charge in [-0.05, 0) is 54.5 Å². The molecule has 2 unspecified atom stereocenters.